The summed E-state index contributed by atoms with van der Waals surface area (Å²) in [5.41, 5.74) is 0. The molecule has 0 spiro atoms. The number of hydrogen-bond acceptors (Lipinski definition) is 2. The van der Waals surface area contributed by atoms with Crippen LogP contribution >= 0.6 is 12.4 Å². The first-order valence-corrected chi connectivity index (χ1v) is 1.13. The summed E-state index contributed by atoms with van der Waals surface area (Å²) in [6.07, 6.45) is 0. The Kier molecular flexibility index (Phi) is 43.7. The van der Waals surface area contributed by atoms with E-state index in [4.69, 9.17) is 10.2 Å². The van der Waals surface area contributed by atoms with Gasteiger partial charge in [0.1, 0.15) is 0 Å². The normalized spacial score (nSPS) is 5.00. The van der Waals surface area contributed by atoms with Gasteiger partial charge in [0.05, 0.1) is 13.2 Å². The van der Waals surface area contributed by atoms with Crippen molar-refractivity contribution in [3.05, 3.63) is 0 Å². The molecular formula is C2H9ClO2Sn. The Bertz CT molecular complexity index is 13.5. The molecule has 0 aliphatic carbocycles. The Morgan fingerprint density at radius 3 is 1.17 bits per heavy atom. The van der Waals surface area contributed by atoms with E-state index in [1.165, 1.54) is 0 Å². The fraction of sp³-hybridized carbons (Fsp3) is 1.00. The number of aliphatic hydroxyl groups is 2. The molecule has 0 amide bonds. The monoisotopic (exact) mass is 220 g/mol. The zero-order valence-electron chi connectivity index (χ0n) is 3.42. The summed E-state index contributed by atoms with van der Waals surface area (Å²) in [7, 11) is 0. The third-order valence-corrected chi connectivity index (χ3v) is 0.1000. The zero-order valence-corrected chi connectivity index (χ0v) is 8.28. The second-order valence-electron chi connectivity index (χ2n) is 0.447. The van der Waals surface area contributed by atoms with Crippen molar-refractivity contribution in [1.82, 2.24) is 0 Å². The Labute approximate surface area is 59.9 Å². The first kappa shape index (κ1) is 15.7. The quantitative estimate of drug-likeness (QED) is 0.526. The molecular weight excluding hydrogens is 210 g/mol. The minimum atomic E-state index is -0.125. The standard InChI is InChI=1S/C2H6O2.ClH.Sn.2H/c3-1-2-4;;;;/h3-4H,1-2H2;1H;;;. The predicted octanol–water partition coefficient (Wildman–Crippen LogP) is -1.52. The van der Waals surface area contributed by atoms with Crippen LogP contribution in [0.1, 0.15) is 0 Å². The van der Waals surface area contributed by atoms with E-state index in [1.54, 1.807) is 0 Å². The Hall–Kier alpha value is 1.01. The fourth-order valence-electron chi connectivity index (χ4n) is 0. The molecule has 0 aliphatic rings. The summed E-state index contributed by atoms with van der Waals surface area (Å²) in [5, 5.41) is 15.2. The second-order valence-corrected chi connectivity index (χ2v) is 0.447. The van der Waals surface area contributed by atoms with E-state index in [1.807, 2.05) is 0 Å². The van der Waals surface area contributed by atoms with E-state index >= 15 is 0 Å². The maximum atomic E-state index is 7.62. The van der Waals surface area contributed by atoms with Gasteiger partial charge in [-0.3, -0.25) is 0 Å². The van der Waals surface area contributed by atoms with Crippen LogP contribution in [0, 0.1) is 0 Å². The maximum absolute atomic E-state index is 7.62. The third kappa shape index (κ3) is 19.9. The Balaban J connectivity index is -0.0000000450. The van der Waals surface area contributed by atoms with Gasteiger partial charge in [0, 0.05) is 0 Å². The molecule has 6 heavy (non-hydrogen) atoms. The molecule has 0 aromatic carbocycles. The molecule has 2 radical (unpaired) electrons. The van der Waals surface area contributed by atoms with Gasteiger partial charge in [-0.15, -0.1) is 12.4 Å². The van der Waals surface area contributed by atoms with E-state index in [0.29, 0.717) is 0 Å². The van der Waals surface area contributed by atoms with Crippen molar-refractivity contribution in [2.24, 2.45) is 0 Å². The van der Waals surface area contributed by atoms with Crippen LogP contribution in [-0.4, -0.2) is 47.3 Å². The molecule has 0 saturated carbocycles. The van der Waals surface area contributed by atoms with Crippen molar-refractivity contribution in [1.29, 1.82) is 0 Å². The predicted molar refractivity (Wildman–Crippen MR) is 30.0 cm³/mol. The van der Waals surface area contributed by atoms with Gasteiger partial charge in [-0.2, -0.15) is 0 Å². The van der Waals surface area contributed by atoms with Crippen LogP contribution in [0.3, 0.4) is 0 Å². The summed E-state index contributed by atoms with van der Waals surface area (Å²) in [6, 6.07) is 0. The van der Waals surface area contributed by atoms with Crippen molar-refractivity contribution < 1.29 is 10.2 Å². The molecule has 0 aromatic heterocycles. The number of aliphatic hydroxyl groups excluding tert-OH is 2. The van der Waals surface area contributed by atoms with Gasteiger partial charge in [0.2, 0.25) is 0 Å². The van der Waals surface area contributed by atoms with Gasteiger partial charge < -0.3 is 10.2 Å². The molecule has 0 aliphatic heterocycles. The molecule has 0 fully saturated rings. The topological polar surface area (TPSA) is 40.5 Å². The van der Waals surface area contributed by atoms with Crippen LogP contribution in [0.5, 0.6) is 0 Å². The molecule has 0 saturated heterocycles. The minimum absolute atomic E-state index is 0. The molecule has 0 rings (SSSR count). The van der Waals surface area contributed by atoms with Gasteiger partial charge in [-0.1, -0.05) is 0 Å². The molecule has 0 aromatic rings. The summed E-state index contributed by atoms with van der Waals surface area (Å²) < 4.78 is 0. The van der Waals surface area contributed by atoms with Crippen LogP contribution < -0.4 is 0 Å². The van der Waals surface area contributed by atoms with Crippen LogP contribution in [0.4, 0.5) is 0 Å². The Morgan fingerprint density at radius 1 is 1.00 bits per heavy atom. The fourth-order valence-corrected chi connectivity index (χ4v) is 0. The van der Waals surface area contributed by atoms with Crippen molar-refractivity contribution in [3.8, 4) is 0 Å². The van der Waals surface area contributed by atoms with E-state index in [0.717, 1.165) is 0 Å². The molecule has 0 heterocycles. The van der Waals surface area contributed by atoms with Crippen LogP contribution in [-0.2, 0) is 0 Å². The molecule has 0 atom stereocenters. The second kappa shape index (κ2) is 16.7. The average Bonchev–Trinajstić information content (AvgIpc) is 1.37. The van der Waals surface area contributed by atoms with Gasteiger partial charge in [-0.25, -0.2) is 0 Å². The molecule has 0 bridgehead atoms. The van der Waals surface area contributed by atoms with E-state index in [2.05, 4.69) is 0 Å². The van der Waals surface area contributed by atoms with Gasteiger partial charge >= 0.3 is 23.9 Å². The third-order valence-electron chi connectivity index (χ3n) is 0.1000. The van der Waals surface area contributed by atoms with E-state index in [9.17, 15) is 0 Å². The summed E-state index contributed by atoms with van der Waals surface area (Å²) in [6.45, 7) is -0.250. The molecule has 40 valence electrons. The SMILES string of the molecule is Cl.OCCO.[SnH2]. The van der Waals surface area contributed by atoms with Crippen LogP contribution in [0.15, 0.2) is 0 Å². The van der Waals surface area contributed by atoms with E-state index in [-0.39, 0.29) is 49.5 Å². The van der Waals surface area contributed by atoms with E-state index < -0.39 is 0 Å². The van der Waals surface area contributed by atoms with Gasteiger partial charge in [0.25, 0.3) is 0 Å². The van der Waals surface area contributed by atoms with Crippen molar-refractivity contribution in [2.75, 3.05) is 13.2 Å². The summed E-state index contributed by atoms with van der Waals surface area (Å²) in [5.74, 6) is 0. The molecule has 2 N–H and O–H groups in total. The summed E-state index contributed by atoms with van der Waals surface area (Å²) >= 11 is 0. The van der Waals surface area contributed by atoms with Crippen molar-refractivity contribution >= 4 is 36.3 Å². The summed E-state index contributed by atoms with van der Waals surface area (Å²) in [4.78, 5) is 0. The van der Waals surface area contributed by atoms with Crippen molar-refractivity contribution in [2.45, 2.75) is 0 Å². The number of hydrogen-bond donors (Lipinski definition) is 2. The molecule has 0 unspecified atom stereocenters. The average molecular weight is 219 g/mol. The van der Waals surface area contributed by atoms with Crippen molar-refractivity contribution in [3.63, 3.8) is 0 Å². The first-order valence-electron chi connectivity index (χ1n) is 1.13. The Morgan fingerprint density at radius 2 is 1.17 bits per heavy atom. The molecule has 4 heteroatoms. The first-order chi connectivity index (χ1) is 1.91. The zero-order chi connectivity index (χ0) is 3.41. The van der Waals surface area contributed by atoms with Crippen LogP contribution in [0.25, 0.3) is 0 Å². The van der Waals surface area contributed by atoms with Gasteiger partial charge in [-0.05, 0) is 0 Å². The van der Waals surface area contributed by atoms with Gasteiger partial charge in [0.15, 0.2) is 0 Å². The molecule has 2 nitrogen and oxygen atoms in total. The van der Waals surface area contributed by atoms with Crippen LogP contribution in [0.2, 0.25) is 0 Å². The number of halogens is 1. The number of rotatable bonds is 1.